The summed E-state index contributed by atoms with van der Waals surface area (Å²) in [6, 6.07) is 6.93. The number of benzene rings is 1. The zero-order valence-corrected chi connectivity index (χ0v) is 14.8. The van der Waals surface area contributed by atoms with E-state index in [1.54, 1.807) is 24.3 Å². The highest BCUT2D eigenvalue weighted by molar-refractivity contribution is 6.30. The number of halogens is 1. The van der Waals surface area contributed by atoms with Crippen molar-refractivity contribution in [2.45, 2.75) is 6.42 Å². The van der Waals surface area contributed by atoms with Crippen molar-refractivity contribution in [1.82, 2.24) is 10.2 Å². The number of likely N-dealkylation sites (tertiary alicyclic amines) is 1. The van der Waals surface area contributed by atoms with Crippen molar-refractivity contribution in [2.24, 2.45) is 23.7 Å². The van der Waals surface area contributed by atoms with Crippen LogP contribution in [0, 0.1) is 23.7 Å². The predicted octanol–water partition coefficient (Wildman–Crippen LogP) is 1.64. The molecule has 3 aliphatic rings. The van der Waals surface area contributed by atoms with Crippen molar-refractivity contribution in [2.75, 3.05) is 19.7 Å². The van der Waals surface area contributed by atoms with E-state index in [1.807, 2.05) is 12.2 Å². The van der Waals surface area contributed by atoms with Crippen LogP contribution in [0.5, 0.6) is 5.75 Å². The van der Waals surface area contributed by atoms with Crippen LogP contribution >= 0.6 is 11.6 Å². The number of hydrogen-bond acceptors (Lipinski definition) is 4. The monoisotopic (exact) mass is 374 g/mol. The number of allylic oxidation sites excluding steroid dienone is 2. The molecule has 1 N–H and O–H groups in total. The summed E-state index contributed by atoms with van der Waals surface area (Å²) < 4.78 is 5.49. The third-order valence-corrected chi connectivity index (χ3v) is 5.62. The Morgan fingerprint density at radius 3 is 2.35 bits per heavy atom. The molecule has 2 fully saturated rings. The van der Waals surface area contributed by atoms with Crippen LogP contribution < -0.4 is 10.1 Å². The van der Waals surface area contributed by atoms with E-state index in [2.05, 4.69) is 5.32 Å². The molecule has 1 heterocycles. The van der Waals surface area contributed by atoms with Gasteiger partial charge in [-0.2, -0.15) is 0 Å². The number of fused-ring (bicyclic) bond motifs is 5. The lowest BCUT2D eigenvalue weighted by Crippen LogP contribution is -2.42. The summed E-state index contributed by atoms with van der Waals surface area (Å²) in [5, 5.41) is 3.31. The summed E-state index contributed by atoms with van der Waals surface area (Å²) in [5.41, 5.74) is 0. The Morgan fingerprint density at radius 1 is 1.12 bits per heavy atom. The van der Waals surface area contributed by atoms with Crippen LogP contribution in [0.3, 0.4) is 0 Å². The summed E-state index contributed by atoms with van der Waals surface area (Å²) in [6.45, 7) is 0.358. The van der Waals surface area contributed by atoms with Gasteiger partial charge in [0.1, 0.15) is 18.9 Å². The van der Waals surface area contributed by atoms with E-state index in [-0.39, 0.29) is 61.1 Å². The molecule has 4 rings (SSSR count). The lowest BCUT2D eigenvalue weighted by Gasteiger charge is -2.16. The number of nitrogens with zero attached hydrogens (tertiary/aromatic N) is 1. The number of amides is 3. The first kappa shape index (κ1) is 17.1. The Hall–Kier alpha value is -2.34. The van der Waals surface area contributed by atoms with Crippen molar-refractivity contribution in [3.05, 3.63) is 41.4 Å². The molecule has 1 aliphatic heterocycles. The SMILES string of the molecule is O=C(CN1C(=O)[C@H]2[C@H](C1=O)[C@H]1C=C[C@H]2C1)NCCOc1ccc(Cl)cc1. The van der Waals surface area contributed by atoms with Gasteiger partial charge in [-0.3, -0.25) is 19.3 Å². The van der Waals surface area contributed by atoms with Gasteiger partial charge in [-0.05, 0) is 42.5 Å². The summed E-state index contributed by atoms with van der Waals surface area (Å²) in [4.78, 5) is 38.3. The number of ether oxygens (including phenoxy) is 1. The molecular formula is C19H19ClN2O4. The lowest BCUT2D eigenvalue weighted by atomic mass is 9.85. The van der Waals surface area contributed by atoms with Gasteiger partial charge in [-0.15, -0.1) is 0 Å². The highest BCUT2D eigenvalue weighted by Gasteiger charge is 2.59. The molecule has 4 atom stereocenters. The highest BCUT2D eigenvalue weighted by atomic mass is 35.5. The maximum atomic E-state index is 12.5. The quantitative estimate of drug-likeness (QED) is 0.466. The number of carbonyl (C=O) groups excluding carboxylic acids is 3. The van der Waals surface area contributed by atoms with Crippen molar-refractivity contribution < 1.29 is 19.1 Å². The highest BCUT2D eigenvalue weighted by Crippen LogP contribution is 2.52. The summed E-state index contributed by atoms with van der Waals surface area (Å²) in [6.07, 6.45) is 4.96. The molecule has 1 saturated heterocycles. The van der Waals surface area contributed by atoms with Crippen LogP contribution in [0.4, 0.5) is 0 Å². The average Bonchev–Trinajstić information content (AvgIpc) is 3.30. The zero-order valence-electron chi connectivity index (χ0n) is 14.1. The molecule has 2 bridgehead atoms. The van der Waals surface area contributed by atoms with Gasteiger partial charge in [-0.25, -0.2) is 0 Å². The van der Waals surface area contributed by atoms with Crippen LogP contribution in [0.25, 0.3) is 0 Å². The van der Waals surface area contributed by atoms with Crippen molar-refractivity contribution in [3.63, 3.8) is 0 Å². The van der Waals surface area contributed by atoms with Crippen molar-refractivity contribution in [3.8, 4) is 5.75 Å². The molecule has 7 heteroatoms. The van der Waals surface area contributed by atoms with E-state index in [1.165, 1.54) is 0 Å². The van der Waals surface area contributed by atoms with Crippen LogP contribution in [0.15, 0.2) is 36.4 Å². The number of rotatable bonds is 6. The van der Waals surface area contributed by atoms with Gasteiger partial charge in [-0.1, -0.05) is 23.8 Å². The minimum absolute atomic E-state index is 0.155. The second kappa shape index (κ2) is 6.76. The van der Waals surface area contributed by atoms with Gasteiger partial charge >= 0.3 is 0 Å². The van der Waals surface area contributed by atoms with Gasteiger partial charge in [0.2, 0.25) is 17.7 Å². The van der Waals surface area contributed by atoms with E-state index < -0.39 is 0 Å². The van der Waals surface area contributed by atoms with E-state index in [0.717, 1.165) is 11.3 Å². The van der Waals surface area contributed by atoms with Crippen LogP contribution in [-0.4, -0.2) is 42.3 Å². The summed E-state index contributed by atoms with van der Waals surface area (Å²) in [5.74, 6) is -0.327. The maximum absolute atomic E-state index is 12.5. The fraction of sp³-hybridized carbons (Fsp3) is 0.421. The number of carbonyl (C=O) groups is 3. The molecule has 0 aromatic heterocycles. The van der Waals surface area contributed by atoms with Crippen LogP contribution in [0.2, 0.25) is 5.02 Å². The number of imide groups is 1. The van der Waals surface area contributed by atoms with Crippen molar-refractivity contribution >= 4 is 29.3 Å². The Bertz CT molecular complexity index is 746. The largest absolute Gasteiger partial charge is 0.492 e. The smallest absolute Gasteiger partial charge is 0.240 e. The first-order chi connectivity index (χ1) is 12.5. The Labute approximate surface area is 156 Å². The zero-order chi connectivity index (χ0) is 18.3. The second-order valence-corrected chi connectivity index (χ2v) is 7.35. The third-order valence-electron chi connectivity index (χ3n) is 5.37. The molecule has 1 aromatic rings. The molecule has 26 heavy (non-hydrogen) atoms. The Morgan fingerprint density at radius 2 is 1.73 bits per heavy atom. The van der Waals surface area contributed by atoms with E-state index in [4.69, 9.17) is 16.3 Å². The molecule has 0 unspecified atom stereocenters. The molecule has 3 amide bonds. The van der Waals surface area contributed by atoms with Crippen molar-refractivity contribution in [1.29, 1.82) is 0 Å². The molecular weight excluding hydrogens is 356 g/mol. The molecule has 0 radical (unpaired) electrons. The number of nitrogens with one attached hydrogen (secondary N) is 1. The molecule has 6 nitrogen and oxygen atoms in total. The second-order valence-electron chi connectivity index (χ2n) is 6.91. The van der Waals surface area contributed by atoms with Crippen LogP contribution in [-0.2, 0) is 14.4 Å². The van der Waals surface area contributed by atoms with E-state index in [0.29, 0.717) is 10.8 Å². The van der Waals surface area contributed by atoms with Gasteiger partial charge in [0.15, 0.2) is 0 Å². The van der Waals surface area contributed by atoms with Gasteiger partial charge in [0.25, 0.3) is 0 Å². The van der Waals surface area contributed by atoms with E-state index in [9.17, 15) is 14.4 Å². The Kier molecular flexibility index (Phi) is 4.44. The fourth-order valence-electron chi connectivity index (χ4n) is 4.21. The van der Waals surface area contributed by atoms with Gasteiger partial charge in [0.05, 0.1) is 18.4 Å². The van der Waals surface area contributed by atoms with Gasteiger partial charge in [0, 0.05) is 5.02 Å². The van der Waals surface area contributed by atoms with Gasteiger partial charge < -0.3 is 10.1 Å². The maximum Gasteiger partial charge on any atom is 0.240 e. The first-order valence-corrected chi connectivity index (χ1v) is 9.11. The molecule has 0 spiro atoms. The minimum atomic E-state index is -0.355. The topological polar surface area (TPSA) is 75.7 Å². The van der Waals surface area contributed by atoms with E-state index >= 15 is 0 Å². The normalized spacial score (nSPS) is 28.6. The third kappa shape index (κ3) is 2.98. The van der Waals surface area contributed by atoms with Crippen LogP contribution in [0.1, 0.15) is 6.42 Å². The Balaban J connectivity index is 1.24. The summed E-state index contributed by atoms with van der Waals surface area (Å²) >= 11 is 5.80. The summed E-state index contributed by atoms with van der Waals surface area (Å²) in [7, 11) is 0. The first-order valence-electron chi connectivity index (χ1n) is 8.73. The molecule has 136 valence electrons. The predicted molar refractivity (Wildman–Crippen MR) is 94.4 cm³/mol. The number of hydrogen-bond donors (Lipinski definition) is 1. The lowest BCUT2D eigenvalue weighted by molar-refractivity contribution is -0.144. The standard InChI is InChI=1S/C19H19ClN2O4/c20-13-3-5-14(6-4-13)26-8-7-21-15(23)10-22-18(24)16-11-1-2-12(9-11)17(16)19(22)25/h1-6,11-12,16-17H,7-10H2,(H,21,23)/t11-,12-,16+,17+/m0/s1. The molecule has 2 aliphatic carbocycles. The minimum Gasteiger partial charge on any atom is -0.492 e. The average molecular weight is 375 g/mol. The molecule has 1 aromatic carbocycles. The molecule has 1 saturated carbocycles. The fourth-order valence-corrected chi connectivity index (χ4v) is 4.34.